The van der Waals surface area contributed by atoms with E-state index in [1.165, 1.54) is 22.3 Å². The van der Waals surface area contributed by atoms with Crippen LogP contribution in [0.2, 0.25) is 0 Å². The third kappa shape index (κ3) is 6.73. The number of ether oxygens (including phenoxy) is 2. The van der Waals surface area contributed by atoms with Crippen molar-refractivity contribution in [2.45, 2.75) is 96.6 Å². The van der Waals surface area contributed by atoms with Gasteiger partial charge in [0.25, 0.3) is 0 Å². The lowest BCUT2D eigenvalue weighted by Gasteiger charge is -2.30. The lowest BCUT2D eigenvalue weighted by atomic mass is 9.76. The van der Waals surface area contributed by atoms with Gasteiger partial charge < -0.3 is 20.1 Å². The summed E-state index contributed by atoms with van der Waals surface area (Å²) < 4.78 is 11.0. The maximum atomic E-state index is 5.52. The Morgan fingerprint density at radius 2 is 1.43 bits per heavy atom. The first-order chi connectivity index (χ1) is 16.6. The number of hydrogen-bond acceptors (Lipinski definition) is 6. The molecule has 4 rings (SSSR count). The average Bonchev–Trinajstić information content (AvgIpc) is 3.32. The van der Waals surface area contributed by atoms with Crippen molar-refractivity contribution < 1.29 is 9.47 Å². The zero-order valence-electron chi connectivity index (χ0n) is 22.5. The van der Waals surface area contributed by atoms with E-state index in [4.69, 9.17) is 14.5 Å². The number of pyridine rings is 2. The Kier molecular flexibility index (Phi) is 8.02. The fraction of sp³-hybridized carbons (Fsp3) is 0.655. The van der Waals surface area contributed by atoms with Crippen molar-refractivity contribution in [3.63, 3.8) is 0 Å². The molecule has 0 aliphatic carbocycles. The van der Waals surface area contributed by atoms with Gasteiger partial charge in [-0.3, -0.25) is 0 Å². The number of rotatable bonds is 8. The van der Waals surface area contributed by atoms with Crippen LogP contribution >= 0.6 is 0 Å². The molecule has 0 radical (unpaired) electrons. The van der Waals surface area contributed by atoms with Gasteiger partial charge in [-0.05, 0) is 84.2 Å². The summed E-state index contributed by atoms with van der Waals surface area (Å²) in [6, 6.07) is 5.33. The molecular formula is C29H44N4O2. The minimum atomic E-state index is 0.0177. The van der Waals surface area contributed by atoms with Crippen molar-refractivity contribution in [3.8, 4) is 0 Å². The van der Waals surface area contributed by atoms with E-state index >= 15 is 0 Å². The van der Waals surface area contributed by atoms with Gasteiger partial charge in [-0.25, -0.2) is 9.97 Å². The molecule has 2 aromatic heterocycles. The highest BCUT2D eigenvalue weighted by Gasteiger charge is 2.27. The Morgan fingerprint density at radius 1 is 0.829 bits per heavy atom. The monoisotopic (exact) mass is 480 g/mol. The molecule has 0 aromatic carbocycles. The van der Waals surface area contributed by atoms with Crippen LogP contribution in [0.3, 0.4) is 0 Å². The van der Waals surface area contributed by atoms with Gasteiger partial charge in [0.1, 0.15) is 11.6 Å². The van der Waals surface area contributed by atoms with E-state index in [1.807, 2.05) is 6.20 Å². The molecule has 6 nitrogen and oxygen atoms in total. The van der Waals surface area contributed by atoms with Crippen LogP contribution in [0, 0.1) is 6.92 Å². The average molecular weight is 481 g/mol. The predicted molar refractivity (Wildman–Crippen MR) is 144 cm³/mol. The van der Waals surface area contributed by atoms with Crippen molar-refractivity contribution in [2.75, 3.05) is 37.1 Å². The van der Waals surface area contributed by atoms with Crippen molar-refractivity contribution in [3.05, 3.63) is 46.8 Å². The van der Waals surface area contributed by atoms with Crippen LogP contribution in [0.15, 0.2) is 24.5 Å². The Balaban J connectivity index is 1.49. The van der Waals surface area contributed by atoms with E-state index in [2.05, 4.69) is 75.5 Å². The van der Waals surface area contributed by atoms with E-state index in [0.29, 0.717) is 12.1 Å². The molecule has 2 saturated heterocycles. The molecule has 2 aliphatic heterocycles. The number of anilines is 2. The molecule has 35 heavy (non-hydrogen) atoms. The summed E-state index contributed by atoms with van der Waals surface area (Å²) in [7, 11) is 0. The number of nitrogens with one attached hydrogen (secondary N) is 2. The lowest BCUT2D eigenvalue weighted by molar-refractivity contribution is 0.0904. The van der Waals surface area contributed by atoms with Gasteiger partial charge in [-0.15, -0.1) is 0 Å². The number of hydrogen-bond donors (Lipinski definition) is 2. The van der Waals surface area contributed by atoms with E-state index in [9.17, 15) is 0 Å². The summed E-state index contributed by atoms with van der Waals surface area (Å²) in [6.45, 7) is 17.0. The van der Waals surface area contributed by atoms with Gasteiger partial charge in [-0.1, -0.05) is 34.6 Å². The summed E-state index contributed by atoms with van der Waals surface area (Å²) in [5, 5.41) is 7.21. The van der Waals surface area contributed by atoms with Gasteiger partial charge in [0.2, 0.25) is 0 Å². The zero-order chi connectivity index (χ0) is 25.1. The standard InChI is InChI=1S/C29H44N4O2/c1-20-17-30-26(33-23-10-14-35-19-23)15-24(20)29(5,6)11-7-21-18-31-27(16-25(21)28(2,3)4)32-22-8-12-34-13-9-22/h15-18,22-23H,7-14,19H2,1-6H3,(H,30,33)(H,31,32). The molecule has 2 aliphatic rings. The van der Waals surface area contributed by atoms with Crippen molar-refractivity contribution in [1.82, 2.24) is 9.97 Å². The summed E-state index contributed by atoms with van der Waals surface area (Å²) in [5.74, 6) is 1.94. The number of aryl methyl sites for hydroxylation is 2. The first-order valence-electron chi connectivity index (χ1n) is 13.3. The van der Waals surface area contributed by atoms with Crippen LogP contribution in [0.4, 0.5) is 11.6 Å². The molecule has 4 heterocycles. The first-order valence-corrected chi connectivity index (χ1v) is 13.3. The summed E-state index contributed by atoms with van der Waals surface area (Å²) in [4.78, 5) is 9.47. The van der Waals surface area contributed by atoms with E-state index in [0.717, 1.165) is 70.2 Å². The second-order valence-electron chi connectivity index (χ2n) is 12.0. The summed E-state index contributed by atoms with van der Waals surface area (Å²) >= 11 is 0. The van der Waals surface area contributed by atoms with Crippen LogP contribution in [0.5, 0.6) is 0 Å². The number of nitrogens with zero attached hydrogens (tertiary/aromatic N) is 2. The van der Waals surface area contributed by atoms with Crippen LogP contribution in [0.1, 0.15) is 82.6 Å². The molecule has 0 saturated carbocycles. The van der Waals surface area contributed by atoms with Crippen LogP contribution in [-0.2, 0) is 26.7 Å². The van der Waals surface area contributed by atoms with Crippen LogP contribution < -0.4 is 10.6 Å². The quantitative estimate of drug-likeness (QED) is 0.499. The maximum absolute atomic E-state index is 5.52. The Bertz CT molecular complexity index is 987. The van der Waals surface area contributed by atoms with Crippen molar-refractivity contribution >= 4 is 11.6 Å². The van der Waals surface area contributed by atoms with Crippen molar-refractivity contribution in [1.29, 1.82) is 0 Å². The lowest BCUT2D eigenvalue weighted by Crippen LogP contribution is -2.28. The first kappa shape index (κ1) is 25.9. The third-order valence-electron chi connectivity index (χ3n) is 7.50. The fourth-order valence-corrected chi connectivity index (χ4v) is 5.28. The molecule has 0 bridgehead atoms. The zero-order valence-corrected chi connectivity index (χ0v) is 22.5. The summed E-state index contributed by atoms with van der Waals surface area (Å²) in [5.41, 5.74) is 5.40. The normalized spacial score (nSPS) is 19.7. The van der Waals surface area contributed by atoms with Crippen LogP contribution in [-0.4, -0.2) is 48.5 Å². The van der Waals surface area contributed by atoms with Crippen LogP contribution in [0.25, 0.3) is 0 Å². The molecule has 6 heteroatoms. The Morgan fingerprint density at radius 3 is 2.09 bits per heavy atom. The molecule has 2 fully saturated rings. The number of aromatic nitrogens is 2. The smallest absolute Gasteiger partial charge is 0.126 e. The fourth-order valence-electron chi connectivity index (χ4n) is 5.28. The topological polar surface area (TPSA) is 68.3 Å². The highest BCUT2D eigenvalue weighted by molar-refractivity contribution is 5.46. The molecule has 0 amide bonds. The highest BCUT2D eigenvalue weighted by Crippen LogP contribution is 2.35. The molecule has 0 spiro atoms. The minimum absolute atomic E-state index is 0.0177. The second-order valence-corrected chi connectivity index (χ2v) is 12.0. The van der Waals surface area contributed by atoms with E-state index in [-0.39, 0.29) is 10.8 Å². The Hall–Kier alpha value is -2.18. The Labute approximate surface area is 211 Å². The van der Waals surface area contributed by atoms with Gasteiger partial charge in [0.15, 0.2) is 0 Å². The van der Waals surface area contributed by atoms with Crippen molar-refractivity contribution in [2.24, 2.45) is 0 Å². The predicted octanol–water partition coefficient (Wildman–Crippen LogP) is 5.78. The van der Waals surface area contributed by atoms with Gasteiger partial charge in [0.05, 0.1) is 12.6 Å². The minimum Gasteiger partial charge on any atom is -0.381 e. The molecule has 1 unspecified atom stereocenters. The largest absolute Gasteiger partial charge is 0.381 e. The van der Waals surface area contributed by atoms with Gasteiger partial charge in [-0.2, -0.15) is 0 Å². The van der Waals surface area contributed by atoms with E-state index < -0.39 is 0 Å². The van der Waals surface area contributed by atoms with Gasteiger partial charge >= 0.3 is 0 Å². The summed E-state index contributed by atoms with van der Waals surface area (Å²) in [6.07, 6.45) is 9.26. The van der Waals surface area contributed by atoms with E-state index in [1.54, 1.807) is 0 Å². The molecule has 192 valence electrons. The molecule has 2 N–H and O–H groups in total. The molecular weight excluding hydrogens is 436 g/mol. The van der Waals surface area contributed by atoms with Gasteiger partial charge in [0, 0.05) is 38.3 Å². The molecule has 1 atom stereocenters. The maximum Gasteiger partial charge on any atom is 0.126 e. The second kappa shape index (κ2) is 10.8. The highest BCUT2D eigenvalue weighted by atomic mass is 16.5. The third-order valence-corrected chi connectivity index (χ3v) is 7.50. The SMILES string of the molecule is Cc1cnc(NC2CCOC2)cc1C(C)(C)CCc1cnc(NC2CCOCC2)cc1C(C)(C)C. The molecule has 2 aromatic rings.